The van der Waals surface area contributed by atoms with Gasteiger partial charge in [-0.15, -0.1) is 0 Å². The van der Waals surface area contributed by atoms with E-state index in [4.69, 9.17) is 9.05 Å². The van der Waals surface area contributed by atoms with Gasteiger partial charge >= 0.3 is 7.60 Å². The second-order valence-electron chi connectivity index (χ2n) is 5.46. The van der Waals surface area contributed by atoms with E-state index in [2.05, 4.69) is 4.98 Å². The normalized spacial score (nSPS) is 11.8. The summed E-state index contributed by atoms with van der Waals surface area (Å²) in [6.45, 7) is 3.83. The summed E-state index contributed by atoms with van der Waals surface area (Å²) >= 11 is 0. The van der Waals surface area contributed by atoms with Crippen molar-refractivity contribution in [2.24, 2.45) is 0 Å². The number of hydrogen-bond donors (Lipinski definition) is 1. The fraction of sp³-hybridized carbons (Fsp3) is 0.211. The molecule has 0 aliphatic carbocycles. The van der Waals surface area contributed by atoms with Gasteiger partial charge in [0.25, 0.3) is 0 Å². The van der Waals surface area contributed by atoms with E-state index in [1.165, 1.54) is 6.07 Å². The Morgan fingerprint density at radius 3 is 2.28 bits per heavy atom. The molecule has 0 aliphatic heterocycles. The summed E-state index contributed by atoms with van der Waals surface area (Å²) in [5, 5.41) is 12.6. The van der Waals surface area contributed by atoms with Crippen molar-refractivity contribution >= 4 is 23.8 Å². The molecule has 0 bridgehead atoms. The Balaban J connectivity index is 2.02. The van der Waals surface area contributed by atoms with Gasteiger partial charge in [-0.05, 0) is 42.3 Å². The van der Waals surface area contributed by atoms with E-state index >= 15 is 0 Å². The van der Waals surface area contributed by atoms with Gasteiger partial charge in [-0.25, -0.2) is 4.98 Å². The van der Waals surface area contributed by atoms with Crippen molar-refractivity contribution in [3.8, 4) is 16.9 Å². The van der Waals surface area contributed by atoms with Crippen LogP contribution < -0.4 is 5.44 Å². The summed E-state index contributed by atoms with van der Waals surface area (Å²) < 4.78 is 23.3. The third kappa shape index (κ3) is 3.59. The largest absolute Gasteiger partial charge is 0.505 e. The number of pyridine rings is 1. The Morgan fingerprint density at radius 1 is 0.960 bits per heavy atom. The second-order valence-corrected chi connectivity index (χ2v) is 7.40. The number of aromatic hydroxyl groups is 1. The lowest BCUT2D eigenvalue weighted by atomic mass is 10.0. The van der Waals surface area contributed by atoms with Gasteiger partial charge in [0, 0.05) is 11.8 Å². The van der Waals surface area contributed by atoms with Crippen molar-refractivity contribution in [1.82, 2.24) is 4.98 Å². The predicted octanol–water partition coefficient (Wildman–Crippen LogP) is 4.50. The molecule has 130 valence electrons. The van der Waals surface area contributed by atoms with Gasteiger partial charge in [-0.2, -0.15) is 0 Å². The number of hydrogen-bond acceptors (Lipinski definition) is 5. The zero-order valence-corrected chi connectivity index (χ0v) is 15.1. The minimum absolute atomic E-state index is 0.0549. The molecule has 0 aliphatic rings. The zero-order valence-electron chi connectivity index (χ0n) is 14.2. The summed E-state index contributed by atoms with van der Waals surface area (Å²) in [4.78, 5) is 4.18. The summed E-state index contributed by atoms with van der Waals surface area (Å²) in [6.07, 6.45) is 1.57. The molecule has 0 spiro atoms. The number of fused-ring (bicyclic) bond motifs is 1. The third-order valence-electron chi connectivity index (χ3n) is 3.79. The molecule has 0 amide bonds. The average molecular weight is 357 g/mol. The number of aromatic nitrogens is 1. The first-order valence-corrected chi connectivity index (χ1v) is 9.69. The Kier molecular flexibility index (Phi) is 5.19. The molecule has 5 nitrogen and oxygen atoms in total. The van der Waals surface area contributed by atoms with Crippen LogP contribution in [-0.4, -0.2) is 23.3 Å². The molecule has 0 radical (unpaired) electrons. The maximum Gasteiger partial charge on any atom is 0.383 e. The van der Waals surface area contributed by atoms with Crippen LogP contribution in [-0.2, 0) is 13.6 Å². The van der Waals surface area contributed by atoms with Gasteiger partial charge in [-0.3, -0.25) is 4.57 Å². The molecular formula is C19H20NO4P. The van der Waals surface area contributed by atoms with Crippen molar-refractivity contribution in [1.29, 1.82) is 0 Å². The highest BCUT2D eigenvalue weighted by molar-refractivity contribution is 7.62. The Hall–Kier alpha value is -2.20. The fourth-order valence-electron chi connectivity index (χ4n) is 2.68. The van der Waals surface area contributed by atoms with E-state index in [0.29, 0.717) is 0 Å². The molecule has 1 aromatic heterocycles. The molecule has 0 atom stereocenters. The molecule has 3 rings (SSSR count). The topological polar surface area (TPSA) is 68.7 Å². The second kappa shape index (κ2) is 7.36. The Bertz CT molecular complexity index is 932. The van der Waals surface area contributed by atoms with Crippen LogP contribution in [0.15, 0.2) is 54.7 Å². The quantitative estimate of drug-likeness (QED) is 0.658. The van der Waals surface area contributed by atoms with Gasteiger partial charge in [0.15, 0.2) is 5.44 Å². The van der Waals surface area contributed by atoms with Crippen LogP contribution in [0, 0.1) is 0 Å². The summed E-state index contributed by atoms with van der Waals surface area (Å²) in [6, 6.07) is 15.6. The molecule has 0 saturated carbocycles. The lowest BCUT2D eigenvalue weighted by Gasteiger charge is -2.17. The van der Waals surface area contributed by atoms with Gasteiger partial charge < -0.3 is 14.2 Å². The van der Waals surface area contributed by atoms with Crippen molar-refractivity contribution in [2.75, 3.05) is 13.2 Å². The van der Waals surface area contributed by atoms with Crippen LogP contribution in [0.4, 0.5) is 0 Å². The monoisotopic (exact) mass is 357 g/mol. The SMILES string of the molecule is CCOP(=O)(OCC)c1ncc(-c2ccc3ccccc3c2)cc1O. The van der Waals surface area contributed by atoms with Gasteiger partial charge in [-0.1, -0.05) is 36.4 Å². The summed E-state index contributed by atoms with van der Waals surface area (Å²) in [5.41, 5.74) is 1.59. The average Bonchev–Trinajstić information content (AvgIpc) is 2.61. The van der Waals surface area contributed by atoms with E-state index < -0.39 is 7.60 Å². The van der Waals surface area contributed by atoms with Crippen LogP contribution in [0.2, 0.25) is 0 Å². The lowest BCUT2D eigenvalue weighted by Crippen LogP contribution is -2.15. The zero-order chi connectivity index (χ0) is 17.9. The molecule has 25 heavy (non-hydrogen) atoms. The molecular weight excluding hydrogens is 337 g/mol. The van der Waals surface area contributed by atoms with Crippen LogP contribution >= 0.6 is 7.60 Å². The van der Waals surface area contributed by atoms with Crippen LogP contribution in [0.3, 0.4) is 0 Å². The summed E-state index contributed by atoms with van der Waals surface area (Å²) in [7, 11) is -3.62. The smallest absolute Gasteiger partial charge is 0.383 e. The first kappa shape index (κ1) is 17.6. The van der Waals surface area contributed by atoms with E-state index in [1.54, 1.807) is 20.0 Å². The number of rotatable bonds is 6. The Labute approximate surface area is 146 Å². The molecule has 3 aromatic rings. The number of benzene rings is 2. The van der Waals surface area contributed by atoms with E-state index in [0.717, 1.165) is 21.9 Å². The first-order valence-electron chi connectivity index (χ1n) is 8.15. The van der Waals surface area contributed by atoms with Crippen LogP contribution in [0.1, 0.15) is 13.8 Å². The lowest BCUT2D eigenvalue weighted by molar-refractivity contribution is 0.228. The van der Waals surface area contributed by atoms with E-state index in [-0.39, 0.29) is 24.4 Å². The van der Waals surface area contributed by atoms with Crippen molar-refractivity contribution in [2.45, 2.75) is 13.8 Å². The molecule has 0 fully saturated rings. The minimum atomic E-state index is -3.62. The van der Waals surface area contributed by atoms with Crippen molar-refractivity contribution in [3.63, 3.8) is 0 Å². The highest BCUT2D eigenvalue weighted by Gasteiger charge is 2.32. The third-order valence-corrected chi connectivity index (χ3v) is 5.85. The van der Waals surface area contributed by atoms with E-state index in [1.807, 2.05) is 42.5 Å². The molecule has 2 aromatic carbocycles. The Morgan fingerprint density at radius 2 is 1.64 bits per heavy atom. The van der Waals surface area contributed by atoms with Crippen molar-refractivity contribution < 1.29 is 18.7 Å². The molecule has 6 heteroatoms. The van der Waals surface area contributed by atoms with Crippen LogP contribution in [0.25, 0.3) is 21.9 Å². The van der Waals surface area contributed by atoms with Gasteiger partial charge in [0.1, 0.15) is 5.75 Å². The minimum Gasteiger partial charge on any atom is -0.505 e. The van der Waals surface area contributed by atoms with E-state index in [9.17, 15) is 9.67 Å². The van der Waals surface area contributed by atoms with Gasteiger partial charge in [0.05, 0.1) is 13.2 Å². The standard InChI is InChI=1S/C19H20NO4P/c1-3-23-25(22,24-4-2)19-18(21)12-17(13-20-19)16-10-9-14-7-5-6-8-15(14)11-16/h5-13,21H,3-4H2,1-2H3. The highest BCUT2D eigenvalue weighted by Crippen LogP contribution is 2.48. The highest BCUT2D eigenvalue weighted by atomic mass is 31.2. The van der Waals surface area contributed by atoms with Gasteiger partial charge in [0.2, 0.25) is 0 Å². The maximum atomic E-state index is 12.8. The molecule has 0 unspecified atom stereocenters. The first-order chi connectivity index (χ1) is 12.1. The predicted molar refractivity (Wildman–Crippen MR) is 99.3 cm³/mol. The molecule has 0 saturated heterocycles. The van der Waals surface area contributed by atoms with Crippen LogP contribution in [0.5, 0.6) is 5.75 Å². The number of nitrogens with zero attached hydrogens (tertiary/aromatic N) is 1. The molecule has 1 heterocycles. The fourth-order valence-corrected chi connectivity index (χ4v) is 4.23. The molecule has 1 N–H and O–H groups in total. The van der Waals surface area contributed by atoms with Crippen molar-refractivity contribution in [3.05, 3.63) is 54.7 Å². The summed E-state index contributed by atoms with van der Waals surface area (Å²) in [5.74, 6) is -0.198. The maximum absolute atomic E-state index is 12.8.